The van der Waals surface area contributed by atoms with Crippen LogP contribution in [-0.4, -0.2) is 31.1 Å². The average molecular weight is 291 g/mol. The highest BCUT2D eigenvalue weighted by molar-refractivity contribution is 5.92. The number of hydrogen-bond acceptors (Lipinski definition) is 4. The third-order valence-corrected chi connectivity index (χ3v) is 3.46. The highest BCUT2D eigenvalue weighted by Crippen LogP contribution is 2.20. The fraction of sp³-hybridized carbons (Fsp3) is 0.500. The summed E-state index contributed by atoms with van der Waals surface area (Å²) >= 11 is 0. The second-order valence-corrected chi connectivity index (χ2v) is 5.05. The Bertz CT molecular complexity index is 495. The van der Waals surface area contributed by atoms with Gasteiger partial charge in [0.25, 0.3) is 5.91 Å². The zero-order chi connectivity index (χ0) is 15.1. The summed E-state index contributed by atoms with van der Waals surface area (Å²) < 4.78 is 10.4. The van der Waals surface area contributed by atoms with Gasteiger partial charge in [0, 0.05) is 6.04 Å². The third-order valence-electron chi connectivity index (χ3n) is 3.46. The van der Waals surface area contributed by atoms with Gasteiger partial charge in [-0.15, -0.1) is 0 Å². The van der Waals surface area contributed by atoms with E-state index in [0.29, 0.717) is 17.9 Å². The summed E-state index contributed by atoms with van der Waals surface area (Å²) in [6.07, 6.45) is 4.39. The van der Waals surface area contributed by atoms with Crippen LogP contribution >= 0.6 is 0 Å². The van der Waals surface area contributed by atoms with Crippen molar-refractivity contribution in [3.05, 3.63) is 29.8 Å². The molecule has 5 heteroatoms. The smallest absolute Gasteiger partial charge is 0.341 e. The van der Waals surface area contributed by atoms with Crippen molar-refractivity contribution in [2.75, 3.05) is 13.2 Å². The number of para-hydroxylation sites is 1. The summed E-state index contributed by atoms with van der Waals surface area (Å²) in [4.78, 5) is 23.6. The summed E-state index contributed by atoms with van der Waals surface area (Å²) in [6, 6.07) is 7.04. The SMILES string of the molecule is CCOC(=O)c1ccccc1OCC(=O)NC1CCCC1. The van der Waals surface area contributed by atoms with Gasteiger partial charge >= 0.3 is 5.97 Å². The summed E-state index contributed by atoms with van der Waals surface area (Å²) in [5.74, 6) is -0.220. The Hall–Kier alpha value is -2.04. The van der Waals surface area contributed by atoms with Crippen LogP contribution in [0.15, 0.2) is 24.3 Å². The van der Waals surface area contributed by atoms with Crippen molar-refractivity contribution >= 4 is 11.9 Å². The van der Waals surface area contributed by atoms with Crippen LogP contribution < -0.4 is 10.1 Å². The quantitative estimate of drug-likeness (QED) is 0.817. The predicted molar refractivity (Wildman–Crippen MR) is 78.3 cm³/mol. The molecular formula is C16H21NO4. The van der Waals surface area contributed by atoms with Gasteiger partial charge in [-0.3, -0.25) is 4.79 Å². The van der Waals surface area contributed by atoms with Crippen molar-refractivity contribution in [2.45, 2.75) is 38.6 Å². The normalized spacial score (nSPS) is 14.7. The van der Waals surface area contributed by atoms with Gasteiger partial charge in [0.15, 0.2) is 6.61 Å². The standard InChI is InChI=1S/C16H21NO4/c1-2-20-16(19)13-9-5-6-10-14(13)21-11-15(18)17-12-7-3-4-8-12/h5-6,9-10,12H,2-4,7-8,11H2,1H3,(H,17,18). The van der Waals surface area contributed by atoms with E-state index >= 15 is 0 Å². The van der Waals surface area contributed by atoms with Crippen LogP contribution in [0.3, 0.4) is 0 Å². The van der Waals surface area contributed by atoms with E-state index in [0.717, 1.165) is 25.7 Å². The van der Waals surface area contributed by atoms with Crippen molar-refractivity contribution in [1.82, 2.24) is 5.32 Å². The van der Waals surface area contributed by atoms with Crippen LogP contribution in [0.5, 0.6) is 5.75 Å². The number of carbonyl (C=O) groups excluding carboxylic acids is 2. The maximum Gasteiger partial charge on any atom is 0.341 e. The third kappa shape index (κ3) is 4.48. The molecule has 1 saturated carbocycles. The molecule has 21 heavy (non-hydrogen) atoms. The molecule has 1 aliphatic carbocycles. The van der Waals surface area contributed by atoms with Crippen molar-refractivity contribution in [1.29, 1.82) is 0 Å². The van der Waals surface area contributed by atoms with Crippen molar-refractivity contribution in [3.63, 3.8) is 0 Å². The molecule has 1 aromatic carbocycles. The molecule has 0 radical (unpaired) electrons. The van der Waals surface area contributed by atoms with Gasteiger partial charge in [0.2, 0.25) is 0 Å². The molecule has 1 aliphatic rings. The second-order valence-electron chi connectivity index (χ2n) is 5.05. The minimum atomic E-state index is -0.440. The first-order chi connectivity index (χ1) is 10.2. The van der Waals surface area contributed by atoms with Gasteiger partial charge in [-0.1, -0.05) is 25.0 Å². The maximum atomic E-state index is 11.8. The van der Waals surface area contributed by atoms with Gasteiger partial charge in [-0.05, 0) is 31.9 Å². The molecule has 1 amide bonds. The first-order valence-corrected chi connectivity index (χ1v) is 7.39. The van der Waals surface area contributed by atoms with E-state index < -0.39 is 5.97 Å². The lowest BCUT2D eigenvalue weighted by Crippen LogP contribution is -2.36. The van der Waals surface area contributed by atoms with Crippen LogP contribution in [0.25, 0.3) is 0 Å². The number of rotatable bonds is 6. The maximum absolute atomic E-state index is 11.8. The van der Waals surface area contributed by atoms with E-state index in [1.54, 1.807) is 31.2 Å². The Morgan fingerprint density at radius 3 is 2.67 bits per heavy atom. The fourth-order valence-electron chi connectivity index (χ4n) is 2.45. The first-order valence-electron chi connectivity index (χ1n) is 7.39. The molecule has 0 spiro atoms. The number of benzene rings is 1. The van der Waals surface area contributed by atoms with Crippen LogP contribution in [-0.2, 0) is 9.53 Å². The second kappa shape index (κ2) is 7.67. The zero-order valence-corrected chi connectivity index (χ0v) is 12.3. The first kappa shape index (κ1) is 15.4. The van der Waals surface area contributed by atoms with E-state index in [2.05, 4.69) is 5.32 Å². The fourth-order valence-corrected chi connectivity index (χ4v) is 2.45. The summed E-state index contributed by atoms with van der Waals surface area (Å²) in [5.41, 5.74) is 0.341. The lowest BCUT2D eigenvalue weighted by Gasteiger charge is -2.13. The van der Waals surface area contributed by atoms with Crippen molar-refractivity contribution in [3.8, 4) is 5.75 Å². The number of nitrogens with one attached hydrogen (secondary N) is 1. The number of esters is 1. The molecule has 2 rings (SSSR count). The van der Waals surface area contributed by atoms with Crippen LogP contribution in [0, 0.1) is 0 Å². The average Bonchev–Trinajstić information content (AvgIpc) is 2.98. The van der Waals surface area contributed by atoms with Gasteiger partial charge in [0.1, 0.15) is 11.3 Å². The van der Waals surface area contributed by atoms with E-state index in [1.807, 2.05) is 0 Å². The highest BCUT2D eigenvalue weighted by Gasteiger charge is 2.18. The van der Waals surface area contributed by atoms with E-state index in [1.165, 1.54) is 0 Å². The van der Waals surface area contributed by atoms with E-state index in [-0.39, 0.29) is 18.6 Å². The number of ether oxygens (including phenoxy) is 2. The molecule has 0 saturated heterocycles. The predicted octanol–water partition coefficient (Wildman–Crippen LogP) is 2.30. The summed E-state index contributed by atoms with van der Waals surface area (Å²) in [6.45, 7) is 1.96. The highest BCUT2D eigenvalue weighted by atomic mass is 16.5. The summed E-state index contributed by atoms with van der Waals surface area (Å²) in [7, 11) is 0. The largest absolute Gasteiger partial charge is 0.483 e. The molecule has 0 aromatic heterocycles. The molecule has 1 N–H and O–H groups in total. The van der Waals surface area contributed by atoms with Gasteiger partial charge in [-0.2, -0.15) is 0 Å². The van der Waals surface area contributed by atoms with E-state index in [9.17, 15) is 9.59 Å². The Morgan fingerprint density at radius 2 is 1.95 bits per heavy atom. The monoisotopic (exact) mass is 291 g/mol. The number of amides is 1. The Morgan fingerprint density at radius 1 is 1.24 bits per heavy atom. The lowest BCUT2D eigenvalue weighted by atomic mass is 10.2. The molecule has 0 heterocycles. The number of hydrogen-bond donors (Lipinski definition) is 1. The molecule has 0 bridgehead atoms. The van der Waals surface area contributed by atoms with E-state index in [4.69, 9.17) is 9.47 Å². The molecule has 1 aromatic rings. The topological polar surface area (TPSA) is 64.6 Å². The Kier molecular flexibility index (Phi) is 5.60. The van der Waals surface area contributed by atoms with Gasteiger partial charge in [-0.25, -0.2) is 4.79 Å². The van der Waals surface area contributed by atoms with Gasteiger partial charge < -0.3 is 14.8 Å². The lowest BCUT2D eigenvalue weighted by molar-refractivity contribution is -0.123. The zero-order valence-electron chi connectivity index (χ0n) is 12.3. The Balaban J connectivity index is 1.90. The van der Waals surface area contributed by atoms with Crippen LogP contribution in [0.4, 0.5) is 0 Å². The molecule has 1 fully saturated rings. The van der Waals surface area contributed by atoms with Crippen LogP contribution in [0.1, 0.15) is 43.0 Å². The molecule has 5 nitrogen and oxygen atoms in total. The summed E-state index contributed by atoms with van der Waals surface area (Å²) in [5, 5.41) is 2.94. The van der Waals surface area contributed by atoms with Crippen molar-refractivity contribution < 1.29 is 19.1 Å². The van der Waals surface area contributed by atoms with Crippen molar-refractivity contribution in [2.24, 2.45) is 0 Å². The minimum Gasteiger partial charge on any atom is -0.483 e. The van der Waals surface area contributed by atoms with Gasteiger partial charge in [0.05, 0.1) is 6.61 Å². The number of carbonyl (C=O) groups is 2. The molecule has 0 atom stereocenters. The molecule has 0 aliphatic heterocycles. The molecular weight excluding hydrogens is 270 g/mol. The molecule has 114 valence electrons. The molecule has 0 unspecified atom stereocenters. The Labute approximate surface area is 124 Å². The van der Waals surface area contributed by atoms with Crippen LogP contribution in [0.2, 0.25) is 0 Å². The minimum absolute atomic E-state index is 0.0904.